The van der Waals surface area contributed by atoms with Gasteiger partial charge >= 0.3 is 0 Å². The number of tetrazole rings is 1. The summed E-state index contributed by atoms with van der Waals surface area (Å²) in [5.41, 5.74) is 2.01. The van der Waals surface area contributed by atoms with Crippen molar-refractivity contribution in [3.8, 4) is 0 Å². The molecule has 0 bridgehead atoms. The minimum atomic E-state index is -0.507. The van der Waals surface area contributed by atoms with Crippen LogP contribution in [-0.2, 0) is 18.6 Å². The average molecular weight is 503 g/mol. The number of aromatic nitrogens is 5. The van der Waals surface area contributed by atoms with Gasteiger partial charge in [0.05, 0.1) is 18.3 Å². The maximum absolute atomic E-state index is 13.6. The molecule has 0 aliphatic rings. The number of rotatable bonds is 9. The first kappa shape index (κ1) is 24.1. The lowest BCUT2D eigenvalue weighted by atomic mass is 9.99. The van der Waals surface area contributed by atoms with E-state index >= 15 is 0 Å². The van der Waals surface area contributed by atoms with Gasteiger partial charge in [-0.1, -0.05) is 25.1 Å². The summed E-state index contributed by atoms with van der Waals surface area (Å²) >= 11 is 1.68. The second-order valence-corrected chi connectivity index (χ2v) is 10.8. The molecule has 1 aromatic carbocycles. The highest BCUT2D eigenvalue weighted by atomic mass is 32.1. The Morgan fingerprint density at radius 1 is 1.17 bits per heavy atom. The van der Waals surface area contributed by atoms with Gasteiger partial charge in [0.15, 0.2) is 5.82 Å². The Morgan fingerprint density at radius 2 is 2.03 bits per heavy atom. The zero-order valence-corrected chi connectivity index (χ0v) is 21.7. The molecule has 0 saturated heterocycles. The van der Waals surface area contributed by atoms with Crippen LogP contribution in [0.25, 0.3) is 10.9 Å². The van der Waals surface area contributed by atoms with Crippen LogP contribution in [0.5, 0.6) is 0 Å². The first-order valence-corrected chi connectivity index (χ1v) is 12.9. The zero-order valence-electron chi connectivity index (χ0n) is 20.9. The molecule has 5 aromatic rings. The number of aryl methyl sites for hydroxylation is 1. The molecule has 186 valence electrons. The van der Waals surface area contributed by atoms with Crippen LogP contribution in [-0.4, -0.2) is 30.1 Å². The lowest BCUT2D eigenvalue weighted by Gasteiger charge is -2.33. The van der Waals surface area contributed by atoms with Crippen LogP contribution in [0, 0.1) is 6.92 Å². The van der Waals surface area contributed by atoms with Gasteiger partial charge in [-0.15, -0.1) is 16.4 Å². The molecule has 0 aliphatic heterocycles. The number of aromatic amines is 1. The molecule has 0 amide bonds. The number of nitrogens with zero attached hydrogens (tertiary/aromatic N) is 5. The number of fused-ring (bicyclic) bond motifs is 1. The summed E-state index contributed by atoms with van der Waals surface area (Å²) < 4.78 is 7.60. The summed E-state index contributed by atoms with van der Waals surface area (Å²) in [4.78, 5) is 20.1. The van der Waals surface area contributed by atoms with E-state index in [1.165, 1.54) is 4.88 Å². The first-order valence-electron chi connectivity index (χ1n) is 12.1. The molecule has 9 heteroatoms. The Balaban J connectivity index is 1.72. The fourth-order valence-corrected chi connectivity index (χ4v) is 5.15. The lowest BCUT2D eigenvalue weighted by molar-refractivity contribution is 0.169. The molecule has 8 nitrogen and oxygen atoms in total. The predicted octanol–water partition coefficient (Wildman–Crippen LogP) is 5.41. The van der Waals surface area contributed by atoms with E-state index in [-0.39, 0.29) is 11.1 Å². The van der Waals surface area contributed by atoms with Gasteiger partial charge in [0, 0.05) is 22.5 Å². The molecule has 0 spiro atoms. The molecular weight excluding hydrogens is 472 g/mol. The fourth-order valence-electron chi connectivity index (χ4n) is 4.42. The van der Waals surface area contributed by atoms with Crippen LogP contribution in [0.1, 0.15) is 60.8 Å². The summed E-state index contributed by atoms with van der Waals surface area (Å²) in [5, 5.41) is 16.0. The van der Waals surface area contributed by atoms with Crippen molar-refractivity contribution in [3.05, 3.63) is 98.1 Å². The molecule has 5 rings (SSSR count). The second-order valence-electron chi connectivity index (χ2n) is 9.73. The van der Waals surface area contributed by atoms with Crippen molar-refractivity contribution in [1.29, 1.82) is 0 Å². The van der Waals surface area contributed by atoms with E-state index < -0.39 is 6.04 Å². The fraction of sp³-hybridized carbons (Fsp3) is 0.333. The summed E-state index contributed by atoms with van der Waals surface area (Å²) in [6, 6.07) is 15.5. The van der Waals surface area contributed by atoms with E-state index in [1.54, 1.807) is 17.6 Å². The summed E-state index contributed by atoms with van der Waals surface area (Å²) in [5.74, 6) is 1.43. The third kappa shape index (κ3) is 4.76. The Labute approximate surface area is 213 Å². The van der Waals surface area contributed by atoms with E-state index in [2.05, 4.69) is 63.7 Å². The predicted molar refractivity (Wildman–Crippen MR) is 141 cm³/mol. The largest absolute Gasteiger partial charge is 0.468 e. The number of nitrogens with one attached hydrogen (secondary N) is 1. The molecule has 1 atom stereocenters. The first-order chi connectivity index (χ1) is 17.4. The van der Waals surface area contributed by atoms with E-state index in [0.717, 1.165) is 28.6 Å². The Bertz CT molecular complexity index is 1460. The number of pyridine rings is 1. The number of benzene rings is 1. The molecular formula is C27H30N6O2S. The van der Waals surface area contributed by atoms with Gasteiger partial charge in [-0.2, -0.15) is 0 Å². The standard InChI is InChI=1S/C27H30N6O2S/c1-5-27(3,4)33-25(29-30-31-33)24(22-15-19-11-10-18(2)14-23(19)28-26(22)34)32(16-20-8-6-12-35-20)17-21-9-7-13-36-21/h6-15,24H,5,16-17H2,1-4H3,(H,28,34)/t24-/m1/s1. The quantitative estimate of drug-likeness (QED) is 0.290. The van der Waals surface area contributed by atoms with Crippen molar-refractivity contribution < 1.29 is 4.42 Å². The van der Waals surface area contributed by atoms with Gasteiger partial charge < -0.3 is 9.40 Å². The molecule has 0 unspecified atom stereocenters. The van der Waals surface area contributed by atoms with Gasteiger partial charge in [0.1, 0.15) is 11.8 Å². The third-order valence-corrected chi connectivity index (χ3v) is 7.61. The Kier molecular flexibility index (Phi) is 6.59. The van der Waals surface area contributed by atoms with Crippen molar-refractivity contribution in [2.45, 2.75) is 58.8 Å². The maximum atomic E-state index is 13.6. The summed E-state index contributed by atoms with van der Waals surface area (Å²) in [6.45, 7) is 9.43. The molecule has 0 fully saturated rings. The topological polar surface area (TPSA) is 92.8 Å². The average Bonchev–Trinajstić information content (AvgIpc) is 3.63. The number of thiophene rings is 1. The third-order valence-electron chi connectivity index (χ3n) is 6.74. The summed E-state index contributed by atoms with van der Waals surface area (Å²) in [7, 11) is 0. The Hall–Kier alpha value is -3.56. The van der Waals surface area contributed by atoms with Crippen molar-refractivity contribution in [2.75, 3.05) is 0 Å². The molecule has 4 aromatic heterocycles. The Morgan fingerprint density at radius 3 is 2.75 bits per heavy atom. The van der Waals surface area contributed by atoms with Crippen LogP contribution in [0.3, 0.4) is 0 Å². The minimum absolute atomic E-state index is 0.155. The normalized spacial score (nSPS) is 13.0. The van der Waals surface area contributed by atoms with Crippen LogP contribution >= 0.6 is 11.3 Å². The highest BCUT2D eigenvalue weighted by Gasteiger charge is 2.35. The van der Waals surface area contributed by atoms with E-state index in [4.69, 9.17) is 4.42 Å². The van der Waals surface area contributed by atoms with Crippen molar-refractivity contribution in [2.24, 2.45) is 0 Å². The molecule has 36 heavy (non-hydrogen) atoms. The SMILES string of the molecule is CCC(C)(C)n1nnnc1[C@@H](c1cc2ccc(C)cc2[nH]c1=O)N(Cc1ccco1)Cc1cccs1. The number of H-pyrrole nitrogens is 1. The smallest absolute Gasteiger partial charge is 0.253 e. The zero-order chi connectivity index (χ0) is 25.3. The highest BCUT2D eigenvalue weighted by molar-refractivity contribution is 7.09. The molecule has 0 radical (unpaired) electrons. The monoisotopic (exact) mass is 502 g/mol. The van der Waals surface area contributed by atoms with E-state index in [9.17, 15) is 4.79 Å². The molecule has 0 aliphatic carbocycles. The molecule has 1 N–H and O–H groups in total. The number of hydrogen-bond donors (Lipinski definition) is 1. The highest BCUT2D eigenvalue weighted by Crippen LogP contribution is 2.33. The van der Waals surface area contributed by atoms with Crippen molar-refractivity contribution >= 4 is 22.2 Å². The number of furan rings is 1. The lowest BCUT2D eigenvalue weighted by Crippen LogP contribution is -2.37. The minimum Gasteiger partial charge on any atom is -0.468 e. The second kappa shape index (κ2) is 9.83. The van der Waals surface area contributed by atoms with Crippen molar-refractivity contribution in [1.82, 2.24) is 30.1 Å². The van der Waals surface area contributed by atoms with Gasteiger partial charge in [-0.05, 0) is 84.3 Å². The molecule has 0 saturated carbocycles. The van der Waals surface area contributed by atoms with Crippen LogP contribution in [0.15, 0.2) is 69.4 Å². The van der Waals surface area contributed by atoms with Crippen LogP contribution in [0.2, 0.25) is 0 Å². The molecule has 4 heterocycles. The van der Waals surface area contributed by atoms with Crippen molar-refractivity contribution in [3.63, 3.8) is 0 Å². The van der Waals surface area contributed by atoms with Gasteiger partial charge in [-0.3, -0.25) is 9.69 Å². The number of hydrogen-bond acceptors (Lipinski definition) is 7. The van der Waals surface area contributed by atoms with Gasteiger partial charge in [-0.25, -0.2) is 4.68 Å². The van der Waals surface area contributed by atoms with E-state index in [0.29, 0.717) is 24.5 Å². The van der Waals surface area contributed by atoms with Gasteiger partial charge in [0.25, 0.3) is 5.56 Å². The summed E-state index contributed by atoms with van der Waals surface area (Å²) in [6.07, 6.45) is 2.50. The van der Waals surface area contributed by atoms with Gasteiger partial charge in [0.2, 0.25) is 0 Å². The van der Waals surface area contributed by atoms with Crippen LogP contribution < -0.4 is 5.56 Å². The maximum Gasteiger partial charge on any atom is 0.253 e. The van der Waals surface area contributed by atoms with Crippen LogP contribution in [0.4, 0.5) is 0 Å². The van der Waals surface area contributed by atoms with E-state index in [1.807, 2.05) is 48.0 Å².